The highest BCUT2D eigenvalue weighted by Gasteiger charge is 2.16. The molecule has 0 aliphatic carbocycles. The summed E-state index contributed by atoms with van der Waals surface area (Å²) in [6.07, 6.45) is 3.00. The smallest absolute Gasteiger partial charge is 0.113 e. The molecule has 1 aliphatic rings. The zero-order chi connectivity index (χ0) is 8.10. The zero-order valence-electron chi connectivity index (χ0n) is 6.67. The van der Waals surface area contributed by atoms with Crippen molar-refractivity contribution in [2.75, 3.05) is 20.3 Å². The standard InChI is InChI=1S/C7H14N2O2/c1-10-5-6(9-8)7-3-2-4-11-7/h3,6,9H,2,4-5,8H2,1H3. The van der Waals surface area contributed by atoms with Crippen LogP contribution in [0.5, 0.6) is 0 Å². The van der Waals surface area contributed by atoms with Crippen LogP contribution in [0.1, 0.15) is 6.42 Å². The summed E-state index contributed by atoms with van der Waals surface area (Å²) < 4.78 is 10.2. The van der Waals surface area contributed by atoms with Gasteiger partial charge in [-0.25, -0.2) is 5.43 Å². The maximum Gasteiger partial charge on any atom is 0.113 e. The first-order valence-electron chi connectivity index (χ1n) is 3.66. The Morgan fingerprint density at radius 2 is 2.73 bits per heavy atom. The number of ether oxygens (including phenoxy) is 2. The Hall–Kier alpha value is -0.580. The van der Waals surface area contributed by atoms with Crippen molar-refractivity contribution in [1.82, 2.24) is 5.43 Å². The van der Waals surface area contributed by atoms with E-state index in [1.807, 2.05) is 6.08 Å². The second-order valence-corrected chi connectivity index (χ2v) is 2.42. The summed E-state index contributed by atoms with van der Waals surface area (Å²) in [4.78, 5) is 0. The number of rotatable bonds is 4. The maximum atomic E-state index is 5.30. The molecular weight excluding hydrogens is 144 g/mol. The van der Waals surface area contributed by atoms with Crippen LogP contribution in [0, 0.1) is 0 Å². The molecule has 0 radical (unpaired) electrons. The Balaban J connectivity index is 2.40. The van der Waals surface area contributed by atoms with E-state index in [4.69, 9.17) is 15.3 Å². The van der Waals surface area contributed by atoms with E-state index in [0.717, 1.165) is 18.8 Å². The summed E-state index contributed by atoms with van der Waals surface area (Å²) in [7, 11) is 1.64. The van der Waals surface area contributed by atoms with Crippen LogP contribution in [-0.4, -0.2) is 26.4 Å². The number of hydrogen-bond donors (Lipinski definition) is 2. The fraction of sp³-hybridized carbons (Fsp3) is 0.714. The van der Waals surface area contributed by atoms with Crippen LogP contribution in [0.4, 0.5) is 0 Å². The van der Waals surface area contributed by atoms with E-state index in [2.05, 4.69) is 5.43 Å². The second-order valence-electron chi connectivity index (χ2n) is 2.42. The summed E-state index contributed by atoms with van der Waals surface area (Å²) in [6.45, 7) is 1.31. The first-order chi connectivity index (χ1) is 5.38. The molecule has 0 spiro atoms. The van der Waals surface area contributed by atoms with Gasteiger partial charge in [0.25, 0.3) is 0 Å². The van der Waals surface area contributed by atoms with Crippen LogP contribution in [0.15, 0.2) is 11.8 Å². The molecule has 0 aromatic heterocycles. The van der Waals surface area contributed by atoms with Crippen molar-refractivity contribution >= 4 is 0 Å². The van der Waals surface area contributed by atoms with E-state index in [-0.39, 0.29) is 6.04 Å². The fourth-order valence-electron chi connectivity index (χ4n) is 1.06. The average Bonchev–Trinajstić information content (AvgIpc) is 2.52. The summed E-state index contributed by atoms with van der Waals surface area (Å²) in [5.41, 5.74) is 2.63. The number of hydrogen-bond acceptors (Lipinski definition) is 4. The lowest BCUT2D eigenvalue weighted by Crippen LogP contribution is -2.40. The van der Waals surface area contributed by atoms with Gasteiger partial charge in [-0.2, -0.15) is 0 Å². The van der Waals surface area contributed by atoms with Crippen LogP contribution in [0.3, 0.4) is 0 Å². The summed E-state index contributed by atoms with van der Waals surface area (Å²) in [5.74, 6) is 6.19. The number of nitrogens with one attached hydrogen (secondary N) is 1. The van der Waals surface area contributed by atoms with Crippen molar-refractivity contribution in [3.63, 3.8) is 0 Å². The minimum absolute atomic E-state index is 0.00231. The third-order valence-corrected chi connectivity index (χ3v) is 1.61. The molecule has 11 heavy (non-hydrogen) atoms. The Morgan fingerprint density at radius 1 is 1.91 bits per heavy atom. The monoisotopic (exact) mass is 158 g/mol. The molecule has 3 N–H and O–H groups in total. The minimum Gasteiger partial charge on any atom is -0.496 e. The average molecular weight is 158 g/mol. The highest BCUT2D eigenvalue weighted by atomic mass is 16.5. The lowest BCUT2D eigenvalue weighted by molar-refractivity contribution is 0.139. The van der Waals surface area contributed by atoms with Crippen molar-refractivity contribution in [2.24, 2.45) is 5.84 Å². The molecule has 0 saturated carbocycles. The van der Waals surface area contributed by atoms with Crippen LogP contribution in [0.25, 0.3) is 0 Å². The molecule has 1 aliphatic heterocycles. The molecular formula is C7H14N2O2. The molecule has 1 heterocycles. The number of hydrazine groups is 1. The highest BCUT2D eigenvalue weighted by Crippen LogP contribution is 2.12. The van der Waals surface area contributed by atoms with Gasteiger partial charge in [0, 0.05) is 13.5 Å². The maximum absolute atomic E-state index is 5.30. The molecule has 0 bridgehead atoms. The minimum atomic E-state index is 0.00231. The van der Waals surface area contributed by atoms with Crippen LogP contribution < -0.4 is 11.3 Å². The van der Waals surface area contributed by atoms with Crippen LogP contribution >= 0.6 is 0 Å². The predicted molar refractivity (Wildman–Crippen MR) is 41.6 cm³/mol. The molecule has 4 nitrogen and oxygen atoms in total. The van der Waals surface area contributed by atoms with E-state index in [9.17, 15) is 0 Å². The lowest BCUT2D eigenvalue weighted by Gasteiger charge is -2.15. The molecule has 0 aromatic rings. The molecule has 0 fully saturated rings. The van der Waals surface area contributed by atoms with E-state index in [1.54, 1.807) is 7.11 Å². The predicted octanol–water partition coefficient (Wildman–Crippen LogP) is -0.231. The molecule has 64 valence electrons. The third-order valence-electron chi connectivity index (χ3n) is 1.61. The van der Waals surface area contributed by atoms with Gasteiger partial charge in [-0.1, -0.05) is 0 Å². The van der Waals surface area contributed by atoms with Crippen molar-refractivity contribution < 1.29 is 9.47 Å². The van der Waals surface area contributed by atoms with Crippen molar-refractivity contribution in [2.45, 2.75) is 12.5 Å². The Labute approximate surface area is 66.3 Å². The summed E-state index contributed by atoms with van der Waals surface area (Å²) in [6, 6.07) is 0.00231. The Bertz CT molecular complexity index is 147. The van der Waals surface area contributed by atoms with Gasteiger partial charge in [-0.15, -0.1) is 0 Å². The molecule has 0 aromatic carbocycles. The van der Waals surface area contributed by atoms with Gasteiger partial charge in [-0.05, 0) is 6.08 Å². The van der Waals surface area contributed by atoms with E-state index >= 15 is 0 Å². The van der Waals surface area contributed by atoms with Gasteiger partial charge in [0.05, 0.1) is 13.2 Å². The largest absolute Gasteiger partial charge is 0.496 e. The quantitative estimate of drug-likeness (QED) is 0.438. The van der Waals surface area contributed by atoms with E-state index in [0.29, 0.717) is 6.61 Å². The molecule has 0 amide bonds. The SMILES string of the molecule is COCC(NN)C1=CCCO1. The van der Waals surface area contributed by atoms with Gasteiger partial charge in [0.15, 0.2) is 0 Å². The molecule has 1 rings (SSSR count). The lowest BCUT2D eigenvalue weighted by atomic mass is 10.2. The van der Waals surface area contributed by atoms with Crippen LogP contribution in [-0.2, 0) is 9.47 Å². The van der Waals surface area contributed by atoms with Crippen LogP contribution in [0.2, 0.25) is 0 Å². The molecule has 1 atom stereocenters. The van der Waals surface area contributed by atoms with E-state index < -0.39 is 0 Å². The summed E-state index contributed by atoms with van der Waals surface area (Å²) in [5, 5.41) is 0. The number of nitrogens with two attached hydrogens (primary N) is 1. The van der Waals surface area contributed by atoms with Gasteiger partial charge < -0.3 is 9.47 Å². The molecule has 0 saturated heterocycles. The van der Waals surface area contributed by atoms with Crippen molar-refractivity contribution in [3.05, 3.63) is 11.8 Å². The van der Waals surface area contributed by atoms with Gasteiger partial charge >= 0.3 is 0 Å². The van der Waals surface area contributed by atoms with Gasteiger partial charge in [0.1, 0.15) is 11.8 Å². The topological polar surface area (TPSA) is 56.5 Å². The normalized spacial score (nSPS) is 19.3. The van der Waals surface area contributed by atoms with Gasteiger partial charge in [0.2, 0.25) is 0 Å². The summed E-state index contributed by atoms with van der Waals surface area (Å²) >= 11 is 0. The highest BCUT2D eigenvalue weighted by molar-refractivity contribution is 5.06. The zero-order valence-corrected chi connectivity index (χ0v) is 6.67. The van der Waals surface area contributed by atoms with Gasteiger partial charge in [-0.3, -0.25) is 5.84 Å². The second kappa shape index (κ2) is 4.33. The Morgan fingerprint density at radius 3 is 3.18 bits per heavy atom. The van der Waals surface area contributed by atoms with E-state index in [1.165, 1.54) is 0 Å². The Kier molecular flexibility index (Phi) is 3.35. The van der Waals surface area contributed by atoms with Crippen molar-refractivity contribution in [1.29, 1.82) is 0 Å². The molecule has 4 heteroatoms. The first kappa shape index (κ1) is 8.52. The fourth-order valence-corrected chi connectivity index (χ4v) is 1.06. The molecule has 1 unspecified atom stereocenters. The van der Waals surface area contributed by atoms with Crippen molar-refractivity contribution in [3.8, 4) is 0 Å². The third kappa shape index (κ3) is 2.18. The first-order valence-corrected chi connectivity index (χ1v) is 3.66. The number of methoxy groups -OCH3 is 1.